The van der Waals surface area contributed by atoms with Crippen molar-refractivity contribution in [2.75, 3.05) is 12.4 Å². The lowest BCUT2D eigenvalue weighted by Gasteiger charge is -2.13. The minimum Gasteiger partial charge on any atom is -0.497 e. The van der Waals surface area contributed by atoms with E-state index in [4.69, 9.17) is 4.74 Å². The molecule has 0 unspecified atom stereocenters. The molecule has 1 aromatic heterocycles. The molecule has 2 aromatic carbocycles. The van der Waals surface area contributed by atoms with Crippen molar-refractivity contribution in [1.82, 2.24) is 9.97 Å². The van der Waals surface area contributed by atoms with Gasteiger partial charge in [0.25, 0.3) is 0 Å². The molecular weight excluding hydrogens is 326 g/mol. The monoisotopic (exact) mass is 337 g/mol. The van der Waals surface area contributed by atoms with Gasteiger partial charge in [-0.2, -0.15) is 13.2 Å². The van der Waals surface area contributed by atoms with Gasteiger partial charge in [0.05, 0.1) is 23.9 Å². The highest BCUT2D eigenvalue weighted by Gasteiger charge is 2.34. The lowest BCUT2D eigenvalue weighted by Crippen LogP contribution is -2.10. The molecule has 3 aromatic rings. The van der Waals surface area contributed by atoms with Crippen LogP contribution in [0.3, 0.4) is 0 Å². The van der Waals surface area contributed by atoms with Crippen molar-refractivity contribution in [2.45, 2.75) is 6.18 Å². The summed E-state index contributed by atoms with van der Waals surface area (Å²) in [5, 5.41) is 3.12. The van der Waals surface area contributed by atoms with E-state index in [1.54, 1.807) is 18.2 Å². The zero-order valence-electron chi connectivity index (χ0n) is 12.4. The van der Waals surface area contributed by atoms with Gasteiger partial charge in [-0.3, -0.25) is 0 Å². The van der Waals surface area contributed by atoms with Gasteiger partial charge in [0.1, 0.15) is 17.9 Å². The number of halogens is 4. The Morgan fingerprint density at radius 2 is 1.88 bits per heavy atom. The third-order valence-corrected chi connectivity index (χ3v) is 3.40. The first-order valence-corrected chi connectivity index (χ1v) is 6.81. The predicted octanol–water partition coefficient (Wildman–Crippen LogP) is 4.54. The van der Waals surface area contributed by atoms with Gasteiger partial charge in [-0.25, -0.2) is 14.4 Å². The van der Waals surface area contributed by atoms with E-state index in [2.05, 4.69) is 15.3 Å². The maximum absolute atomic E-state index is 14.1. The van der Waals surface area contributed by atoms with Crippen molar-refractivity contribution in [3.63, 3.8) is 0 Å². The average Bonchev–Trinajstić information content (AvgIpc) is 2.55. The van der Waals surface area contributed by atoms with E-state index in [1.807, 2.05) is 0 Å². The maximum Gasteiger partial charge on any atom is 0.419 e. The number of nitrogens with zero attached hydrogens (tertiary/aromatic N) is 2. The zero-order chi connectivity index (χ0) is 17.3. The number of rotatable bonds is 3. The van der Waals surface area contributed by atoms with Gasteiger partial charge in [-0.1, -0.05) is 6.07 Å². The Morgan fingerprint density at radius 1 is 1.08 bits per heavy atom. The van der Waals surface area contributed by atoms with Gasteiger partial charge in [-0.05, 0) is 24.3 Å². The summed E-state index contributed by atoms with van der Waals surface area (Å²) in [7, 11) is 1.50. The number of ether oxygens (including phenoxy) is 1. The summed E-state index contributed by atoms with van der Waals surface area (Å²) in [6.45, 7) is 0. The molecule has 8 heteroatoms. The maximum atomic E-state index is 14.1. The molecule has 3 rings (SSSR count). The third kappa shape index (κ3) is 2.94. The van der Waals surface area contributed by atoms with E-state index < -0.39 is 17.6 Å². The topological polar surface area (TPSA) is 47.0 Å². The molecule has 0 amide bonds. The molecule has 0 spiro atoms. The van der Waals surface area contributed by atoms with Gasteiger partial charge in [-0.15, -0.1) is 0 Å². The molecule has 0 saturated carbocycles. The minimum atomic E-state index is -4.77. The fourth-order valence-corrected chi connectivity index (χ4v) is 2.24. The SMILES string of the molecule is COc1ccc2c(Nc3cccc(C(F)(F)F)c3F)ncnc2c1. The predicted molar refractivity (Wildman–Crippen MR) is 80.8 cm³/mol. The van der Waals surface area contributed by atoms with Gasteiger partial charge in [0.15, 0.2) is 5.82 Å². The highest BCUT2D eigenvalue weighted by Crippen LogP contribution is 2.35. The van der Waals surface area contributed by atoms with Crippen LogP contribution < -0.4 is 10.1 Å². The van der Waals surface area contributed by atoms with Crippen LogP contribution in [-0.2, 0) is 6.18 Å². The minimum absolute atomic E-state index is 0.195. The first-order valence-electron chi connectivity index (χ1n) is 6.81. The van der Waals surface area contributed by atoms with E-state index in [9.17, 15) is 17.6 Å². The molecule has 1 heterocycles. The van der Waals surface area contributed by atoms with Crippen molar-refractivity contribution in [1.29, 1.82) is 0 Å². The lowest BCUT2D eigenvalue weighted by atomic mass is 10.1. The Labute approximate surface area is 134 Å². The Bertz CT molecular complexity index is 896. The van der Waals surface area contributed by atoms with Crippen LogP contribution in [0.25, 0.3) is 10.9 Å². The highest BCUT2D eigenvalue weighted by atomic mass is 19.4. The second-order valence-corrected chi connectivity index (χ2v) is 4.90. The molecule has 0 bridgehead atoms. The fourth-order valence-electron chi connectivity index (χ4n) is 2.24. The largest absolute Gasteiger partial charge is 0.497 e. The van der Waals surface area contributed by atoms with Crippen LogP contribution in [0.4, 0.5) is 29.1 Å². The molecule has 124 valence electrons. The number of hydrogen-bond donors (Lipinski definition) is 1. The Balaban J connectivity index is 2.05. The summed E-state index contributed by atoms with van der Waals surface area (Å²) in [6.07, 6.45) is -3.54. The van der Waals surface area contributed by atoms with Gasteiger partial charge < -0.3 is 10.1 Å². The van der Waals surface area contributed by atoms with Crippen LogP contribution in [0.15, 0.2) is 42.7 Å². The summed E-state index contributed by atoms with van der Waals surface area (Å²) in [5.41, 5.74) is -1.15. The molecule has 0 radical (unpaired) electrons. The van der Waals surface area contributed by atoms with Crippen molar-refractivity contribution < 1.29 is 22.3 Å². The van der Waals surface area contributed by atoms with Crippen molar-refractivity contribution in [3.05, 3.63) is 54.1 Å². The first kappa shape index (κ1) is 16.0. The molecule has 0 aliphatic heterocycles. The van der Waals surface area contributed by atoms with E-state index in [1.165, 1.54) is 19.5 Å². The van der Waals surface area contributed by atoms with Gasteiger partial charge in [0.2, 0.25) is 0 Å². The molecule has 0 saturated heterocycles. The van der Waals surface area contributed by atoms with Crippen molar-refractivity contribution in [3.8, 4) is 5.75 Å². The average molecular weight is 337 g/mol. The van der Waals surface area contributed by atoms with Gasteiger partial charge in [0, 0.05) is 11.5 Å². The summed E-state index contributed by atoms with van der Waals surface area (Å²) in [4.78, 5) is 8.05. The van der Waals surface area contributed by atoms with E-state index in [-0.39, 0.29) is 11.5 Å². The summed E-state index contributed by atoms with van der Waals surface area (Å²) in [5.74, 6) is -0.622. The second-order valence-electron chi connectivity index (χ2n) is 4.90. The molecule has 1 N–H and O–H groups in total. The zero-order valence-corrected chi connectivity index (χ0v) is 12.4. The Hall–Kier alpha value is -2.90. The highest BCUT2D eigenvalue weighted by molar-refractivity contribution is 5.91. The lowest BCUT2D eigenvalue weighted by molar-refractivity contribution is -0.139. The van der Waals surface area contributed by atoms with Crippen molar-refractivity contribution in [2.24, 2.45) is 0 Å². The van der Waals surface area contributed by atoms with Crippen LogP contribution >= 0.6 is 0 Å². The molecule has 0 fully saturated rings. The standard InChI is InChI=1S/C16H11F4N3O/c1-24-9-5-6-10-13(7-9)21-8-22-15(10)23-12-4-2-3-11(14(12)17)16(18,19)20/h2-8H,1H3,(H,21,22,23). The Morgan fingerprint density at radius 3 is 2.58 bits per heavy atom. The Kier molecular flexibility index (Phi) is 3.96. The molecule has 0 aliphatic rings. The number of methoxy groups -OCH3 is 1. The summed E-state index contributed by atoms with van der Waals surface area (Å²) in [6, 6.07) is 7.96. The molecular formula is C16H11F4N3O. The quantitative estimate of drug-likeness (QED) is 0.713. The second kappa shape index (κ2) is 5.95. The van der Waals surface area contributed by atoms with Crippen LogP contribution in [-0.4, -0.2) is 17.1 Å². The molecule has 0 atom stereocenters. The number of alkyl halides is 3. The van der Waals surface area contributed by atoms with Crippen LogP contribution in [0.2, 0.25) is 0 Å². The number of nitrogens with one attached hydrogen (secondary N) is 1. The third-order valence-electron chi connectivity index (χ3n) is 3.40. The first-order chi connectivity index (χ1) is 11.4. The van der Waals surface area contributed by atoms with Gasteiger partial charge >= 0.3 is 6.18 Å². The fraction of sp³-hybridized carbons (Fsp3) is 0.125. The number of benzene rings is 2. The number of anilines is 2. The number of aromatic nitrogens is 2. The van der Waals surface area contributed by atoms with E-state index in [0.717, 1.165) is 6.07 Å². The molecule has 4 nitrogen and oxygen atoms in total. The van der Waals surface area contributed by atoms with E-state index in [0.29, 0.717) is 22.7 Å². The smallest absolute Gasteiger partial charge is 0.419 e. The number of hydrogen-bond acceptors (Lipinski definition) is 4. The summed E-state index contributed by atoms with van der Waals surface area (Å²) < 4.78 is 57.6. The van der Waals surface area contributed by atoms with Crippen LogP contribution in [0.1, 0.15) is 5.56 Å². The normalized spacial score (nSPS) is 11.5. The van der Waals surface area contributed by atoms with Crippen molar-refractivity contribution >= 4 is 22.4 Å². The summed E-state index contributed by atoms with van der Waals surface area (Å²) >= 11 is 0. The number of fused-ring (bicyclic) bond motifs is 1. The van der Waals surface area contributed by atoms with E-state index >= 15 is 0 Å². The van der Waals surface area contributed by atoms with Crippen LogP contribution in [0.5, 0.6) is 5.75 Å². The molecule has 0 aliphatic carbocycles. The van der Waals surface area contributed by atoms with Crippen LogP contribution in [0, 0.1) is 5.82 Å². The molecule has 24 heavy (non-hydrogen) atoms.